The highest BCUT2D eigenvalue weighted by molar-refractivity contribution is 5.38. The molecule has 0 aliphatic carbocycles. The normalized spacial score (nSPS) is 21.7. The maximum absolute atomic E-state index is 6.02. The summed E-state index contributed by atoms with van der Waals surface area (Å²) in [7, 11) is 0. The van der Waals surface area contributed by atoms with E-state index in [1.807, 2.05) is 13.0 Å². The molecule has 1 aliphatic heterocycles. The zero-order valence-corrected chi connectivity index (χ0v) is 12.8. The summed E-state index contributed by atoms with van der Waals surface area (Å²) in [5, 5.41) is 0. The molecule has 1 fully saturated rings. The van der Waals surface area contributed by atoms with Crippen LogP contribution in [-0.2, 0) is 4.74 Å². The number of benzene rings is 1. The molecule has 1 aromatic carbocycles. The predicted octanol–water partition coefficient (Wildman–Crippen LogP) is 2.11. The molecule has 0 aromatic heterocycles. The van der Waals surface area contributed by atoms with Crippen LogP contribution in [-0.4, -0.2) is 43.9 Å². The Balaban J connectivity index is 1.96. The highest BCUT2D eigenvalue weighted by Crippen LogP contribution is 2.25. The summed E-state index contributed by atoms with van der Waals surface area (Å²) in [6, 6.07) is 6.14. The Bertz CT molecular complexity index is 434. The van der Waals surface area contributed by atoms with Crippen molar-refractivity contribution < 1.29 is 9.47 Å². The molecule has 0 spiro atoms. The first kappa shape index (κ1) is 15.3. The minimum Gasteiger partial charge on any atom is -0.490 e. The van der Waals surface area contributed by atoms with Crippen LogP contribution >= 0.6 is 0 Å². The monoisotopic (exact) mass is 278 g/mol. The molecular formula is C16H26N2O2. The number of aryl methyl sites for hydroxylation is 1. The number of nitrogens with zero attached hydrogens (tertiary/aromatic N) is 1. The van der Waals surface area contributed by atoms with E-state index >= 15 is 0 Å². The first-order chi connectivity index (χ1) is 9.60. The number of hydrogen-bond donors (Lipinski definition) is 1. The third-order valence-corrected chi connectivity index (χ3v) is 3.75. The Morgan fingerprint density at radius 3 is 3.00 bits per heavy atom. The summed E-state index contributed by atoms with van der Waals surface area (Å²) in [4.78, 5) is 2.39. The highest BCUT2D eigenvalue weighted by Gasteiger charge is 2.20. The van der Waals surface area contributed by atoms with Gasteiger partial charge >= 0.3 is 0 Å². The third kappa shape index (κ3) is 3.95. The average Bonchev–Trinajstić information content (AvgIpc) is 2.46. The van der Waals surface area contributed by atoms with Crippen molar-refractivity contribution in [2.45, 2.75) is 32.9 Å². The molecule has 1 heterocycles. The lowest BCUT2D eigenvalue weighted by Crippen LogP contribution is -2.44. The van der Waals surface area contributed by atoms with Gasteiger partial charge in [0, 0.05) is 24.7 Å². The van der Waals surface area contributed by atoms with Gasteiger partial charge in [0.1, 0.15) is 18.5 Å². The minimum atomic E-state index is -0.0238. The zero-order valence-electron chi connectivity index (χ0n) is 12.8. The van der Waals surface area contributed by atoms with Crippen molar-refractivity contribution >= 4 is 0 Å². The molecule has 4 nitrogen and oxygen atoms in total. The summed E-state index contributed by atoms with van der Waals surface area (Å²) in [5.74, 6) is 0.878. The van der Waals surface area contributed by atoms with E-state index in [2.05, 4.69) is 30.9 Å². The van der Waals surface area contributed by atoms with Gasteiger partial charge in [-0.1, -0.05) is 24.6 Å². The van der Waals surface area contributed by atoms with Crippen LogP contribution in [0.2, 0.25) is 0 Å². The molecule has 0 bridgehead atoms. The van der Waals surface area contributed by atoms with Crippen molar-refractivity contribution in [1.82, 2.24) is 4.90 Å². The van der Waals surface area contributed by atoms with E-state index in [9.17, 15) is 0 Å². The van der Waals surface area contributed by atoms with Crippen LogP contribution in [0.25, 0.3) is 0 Å². The summed E-state index contributed by atoms with van der Waals surface area (Å²) < 4.78 is 11.7. The van der Waals surface area contributed by atoms with Crippen LogP contribution in [0.4, 0.5) is 0 Å². The Morgan fingerprint density at radius 2 is 2.30 bits per heavy atom. The van der Waals surface area contributed by atoms with E-state index in [1.54, 1.807) is 0 Å². The van der Waals surface area contributed by atoms with Crippen molar-refractivity contribution in [2.24, 2.45) is 5.73 Å². The molecule has 0 amide bonds. The van der Waals surface area contributed by atoms with Gasteiger partial charge in [-0.2, -0.15) is 0 Å². The lowest BCUT2D eigenvalue weighted by atomic mass is 10.1. The highest BCUT2D eigenvalue weighted by atomic mass is 16.5. The lowest BCUT2D eigenvalue weighted by Gasteiger charge is -2.32. The van der Waals surface area contributed by atoms with Gasteiger partial charge in [-0.05, 0) is 26.5 Å². The van der Waals surface area contributed by atoms with Gasteiger partial charge in [-0.3, -0.25) is 4.90 Å². The van der Waals surface area contributed by atoms with Crippen molar-refractivity contribution in [3.05, 3.63) is 29.3 Å². The fraction of sp³-hybridized carbons (Fsp3) is 0.625. The molecule has 4 heteroatoms. The van der Waals surface area contributed by atoms with E-state index < -0.39 is 0 Å². The van der Waals surface area contributed by atoms with Crippen LogP contribution in [0.15, 0.2) is 18.2 Å². The number of ether oxygens (including phenoxy) is 2. The van der Waals surface area contributed by atoms with Crippen molar-refractivity contribution in [3.8, 4) is 5.75 Å². The van der Waals surface area contributed by atoms with Gasteiger partial charge in [-0.25, -0.2) is 0 Å². The molecule has 112 valence electrons. The SMILES string of the molecule is CCN1CCOC(COc2ccc(C)cc2C(C)N)C1. The molecule has 2 rings (SSSR count). The number of likely N-dealkylation sites (N-methyl/N-ethyl adjacent to an activating group) is 1. The fourth-order valence-corrected chi connectivity index (χ4v) is 2.51. The Kier molecular flexibility index (Phi) is 5.40. The molecule has 1 aromatic rings. The Morgan fingerprint density at radius 1 is 1.50 bits per heavy atom. The Hall–Kier alpha value is -1.10. The molecule has 1 aliphatic rings. The van der Waals surface area contributed by atoms with Crippen molar-refractivity contribution in [3.63, 3.8) is 0 Å². The van der Waals surface area contributed by atoms with Gasteiger partial charge < -0.3 is 15.2 Å². The second-order valence-electron chi connectivity index (χ2n) is 5.53. The van der Waals surface area contributed by atoms with Crippen molar-refractivity contribution in [1.29, 1.82) is 0 Å². The Labute approximate surface area is 121 Å². The standard InChI is InChI=1S/C16H26N2O2/c1-4-18-7-8-19-14(10-18)11-20-16-6-5-12(2)9-15(16)13(3)17/h5-6,9,13-14H,4,7-8,10-11,17H2,1-3H3. The van der Waals surface area contributed by atoms with E-state index in [4.69, 9.17) is 15.2 Å². The first-order valence-corrected chi connectivity index (χ1v) is 7.43. The molecule has 2 N–H and O–H groups in total. The summed E-state index contributed by atoms with van der Waals surface area (Å²) in [5.41, 5.74) is 8.28. The molecular weight excluding hydrogens is 252 g/mol. The smallest absolute Gasteiger partial charge is 0.124 e. The second kappa shape index (κ2) is 7.07. The quantitative estimate of drug-likeness (QED) is 0.896. The van der Waals surface area contributed by atoms with Crippen LogP contribution in [0.1, 0.15) is 31.0 Å². The van der Waals surface area contributed by atoms with Gasteiger partial charge in [0.05, 0.1) is 6.61 Å². The maximum Gasteiger partial charge on any atom is 0.124 e. The molecule has 20 heavy (non-hydrogen) atoms. The largest absolute Gasteiger partial charge is 0.490 e. The maximum atomic E-state index is 6.02. The van der Waals surface area contributed by atoms with Crippen molar-refractivity contribution in [2.75, 3.05) is 32.8 Å². The van der Waals surface area contributed by atoms with Gasteiger partial charge in [0.2, 0.25) is 0 Å². The lowest BCUT2D eigenvalue weighted by molar-refractivity contribution is -0.0465. The number of morpholine rings is 1. The molecule has 0 radical (unpaired) electrons. The van der Waals surface area contributed by atoms with Gasteiger partial charge in [-0.15, -0.1) is 0 Å². The van der Waals surface area contributed by atoms with Crippen LogP contribution in [0.3, 0.4) is 0 Å². The molecule has 1 saturated heterocycles. The van der Waals surface area contributed by atoms with Crippen LogP contribution in [0.5, 0.6) is 5.75 Å². The number of hydrogen-bond acceptors (Lipinski definition) is 4. The first-order valence-electron chi connectivity index (χ1n) is 7.43. The van der Waals surface area contributed by atoms with E-state index in [1.165, 1.54) is 5.56 Å². The molecule has 2 unspecified atom stereocenters. The van der Waals surface area contributed by atoms with E-state index in [-0.39, 0.29) is 12.1 Å². The fourth-order valence-electron chi connectivity index (χ4n) is 2.51. The zero-order chi connectivity index (χ0) is 14.5. The topological polar surface area (TPSA) is 47.7 Å². The van der Waals surface area contributed by atoms with Gasteiger partial charge in [0.25, 0.3) is 0 Å². The number of nitrogens with two attached hydrogens (primary N) is 1. The minimum absolute atomic E-state index is 0.0238. The summed E-state index contributed by atoms with van der Waals surface area (Å²) in [6.45, 7) is 10.6. The third-order valence-electron chi connectivity index (χ3n) is 3.75. The second-order valence-corrected chi connectivity index (χ2v) is 5.53. The van der Waals surface area contributed by atoms with Crippen LogP contribution < -0.4 is 10.5 Å². The average molecular weight is 278 g/mol. The van der Waals surface area contributed by atoms with Gasteiger partial charge in [0.15, 0.2) is 0 Å². The van der Waals surface area contributed by atoms with E-state index in [0.717, 1.165) is 37.6 Å². The van der Waals surface area contributed by atoms with E-state index in [0.29, 0.717) is 6.61 Å². The molecule has 0 saturated carbocycles. The summed E-state index contributed by atoms with van der Waals surface area (Å²) >= 11 is 0. The van der Waals surface area contributed by atoms with Crippen LogP contribution in [0, 0.1) is 6.92 Å². The summed E-state index contributed by atoms with van der Waals surface area (Å²) in [6.07, 6.45) is 0.144. The number of rotatable bonds is 5. The predicted molar refractivity (Wildman–Crippen MR) is 81.1 cm³/mol. The molecule has 2 atom stereocenters.